The predicted octanol–water partition coefficient (Wildman–Crippen LogP) is 1.97. The molecule has 0 aliphatic heterocycles. The summed E-state index contributed by atoms with van der Waals surface area (Å²) in [7, 11) is 2.45. The van der Waals surface area contributed by atoms with Gasteiger partial charge in [0, 0.05) is 9.86 Å². The van der Waals surface area contributed by atoms with Crippen molar-refractivity contribution in [3.8, 4) is 0 Å². The molecule has 8 heteroatoms. The molecule has 2 aromatic rings. The Morgan fingerprint density at radius 1 is 1.33 bits per heavy atom. The van der Waals surface area contributed by atoms with E-state index in [9.17, 15) is 9.59 Å². The van der Waals surface area contributed by atoms with Crippen molar-refractivity contribution in [2.75, 3.05) is 19.5 Å². The minimum absolute atomic E-state index is 0.0380. The Hall–Kier alpha value is -2.35. The van der Waals surface area contributed by atoms with Gasteiger partial charge in [-0.1, -0.05) is 0 Å². The lowest BCUT2D eigenvalue weighted by molar-refractivity contribution is -0.138. The first-order valence-electron chi connectivity index (χ1n) is 5.82. The summed E-state index contributed by atoms with van der Waals surface area (Å²) in [6.07, 6.45) is 2.70. The number of benzene rings is 1. The quantitative estimate of drug-likeness (QED) is 0.644. The van der Waals surface area contributed by atoms with E-state index in [1.54, 1.807) is 12.3 Å². The van der Waals surface area contributed by atoms with Crippen LogP contribution in [0.5, 0.6) is 0 Å². The summed E-state index contributed by atoms with van der Waals surface area (Å²) >= 11 is 3.39. The van der Waals surface area contributed by atoms with E-state index in [4.69, 9.17) is 0 Å². The number of H-pyrrole nitrogens is 1. The zero-order valence-corrected chi connectivity index (χ0v) is 12.9. The van der Waals surface area contributed by atoms with Crippen LogP contribution in [0.4, 0.5) is 5.69 Å². The Morgan fingerprint density at radius 2 is 2.10 bits per heavy atom. The highest BCUT2D eigenvalue weighted by Crippen LogP contribution is 2.28. The predicted molar refractivity (Wildman–Crippen MR) is 79.5 cm³/mol. The fourth-order valence-electron chi connectivity index (χ4n) is 1.64. The summed E-state index contributed by atoms with van der Waals surface area (Å²) in [4.78, 5) is 23.0. The molecular weight excluding hydrogens is 342 g/mol. The maximum Gasteiger partial charge on any atom is 0.354 e. The van der Waals surface area contributed by atoms with Gasteiger partial charge in [0.25, 0.3) is 0 Å². The van der Waals surface area contributed by atoms with E-state index in [2.05, 4.69) is 40.9 Å². The van der Waals surface area contributed by atoms with Crippen LogP contribution in [0.3, 0.4) is 0 Å². The number of methoxy groups -OCH3 is 2. The topological polar surface area (TPSA) is 93.3 Å². The highest BCUT2D eigenvalue weighted by atomic mass is 79.9. The van der Waals surface area contributed by atoms with Gasteiger partial charge in [0.1, 0.15) is 5.70 Å². The maximum atomic E-state index is 11.7. The smallest absolute Gasteiger partial charge is 0.354 e. The number of carbonyl (C=O) groups excluding carboxylic acids is 2. The molecule has 1 heterocycles. The molecule has 0 saturated heterocycles. The molecule has 0 bridgehead atoms. The number of fused-ring (bicyclic) bond motifs is 1. The van der Waals surface area contributed by atoms with E-state index in [0.29, 0.717) is 10.2 Å². The van der Waals surface area contributed by atoms with Gasteiger partial charge in [0.2, 0.25) is 0 Å². The highest BCUT2D eigenvalue weighted by molar-refractivity contribution is 9.10. The number of halogens is 1. The van der Waals surface area contributed by atoms with Gasteiger partial charge in [-0.25, -0.2) is 9.59 Å². The van der Waals surface area contributed by atoms with E-state index in [1.807, 2.05) is 6.07 Å². The van der Waals surface area contributed by atoms with Crippen LogP contribution in [-0.2, 0) is 19.1 Å². The van der Waals surface area contributed by atoms with Crippen LogP contribution in [0.2, 0.25) is 0 Å². The van der Waals surface area contributed by atoms with Crippen molar-refractivity contribution in [1.82, 2.24) is 10.2 Å². The summed E-state index contributed by atoms with van der Waals surface area (Å²) in [5.41, 5.74) is 1.32. The van der Waals surface area contributed by atoms with Crippen LogP contribution in [0.15, 0.2) is 34.6 Å². The molecule has 0 saturated carbocycles. The van der Waals surface area contributed by atoms with Gasteiger partial charge in [0.05, 0.1) is 37.7 Å². The Morgan fingerprint density at radius 3 is 2.76 bits per heavy atom. The molecule has 0 radical (unpaired) electrons. The first-order valence-corrected chi connectivity index (χ1v) is 6.62. The number of hydrogen-bond acceptors (Lipinski definition) is 6. The average Bonchev–Trinajstić information content (AvgIpc) is 2.92. The van der Waals surface area contributed by atoms with Gasteiger partial charge in [-0.05, 0) is 28.1 Å². The maximum absolute atomic E-state index is 11.7. The van der Waals surface area contributed by atoms with E-state index < -0.39 is 11.9 Å². The van der Waals surface area contributed by atoms with Gasteiger partial charge in [0.15, 0.2) is 0 Å². The fourth-order valence-corrected chi connectivity index (χ4v) is 2.10. The zero-order valence-electron chi connectivity index (χ0n) is 11.3. The lowest BCUT2D eigenvalue weighted by atomic mass is 10.2. The molecule has 0 amide bonds. The molecule has 110 valence electrons. The highest BCUT2D eigenvalue weighted by Gasteiger charge is 2.14. The van der Waals surface area contributed by atoms with Gasteiger partial charge in [-0.15, -0.1) is 0 Å². The molecule has 7 nitrogen and oxygen atoms in total. The monoisotopic (exact) mass is 353 g/mol. The second-order valence-corrected chi connectivity index (χ2v) is 4.84. The molecule has 2 N–H and O–H groups in total. The zero-order chi connectivity index (χ0) is 15.4. The Kier molecular flexibility index (Phi) is 4.59. The molecule has 1 aromatic heterocycles. The number of aromatic nitrogens is 2. The van der Waals surface area contributed by atoms with Crippen molar-refractivity contribution in [1.29, 1.82) is 0 Å². The summed E-state index contributed by atoms with van der Waals surface area (Å²) in [6.45, 7) is 0. The first kappa shape index (κ1) is 15.0. The van der Waals surface area contributed by atoms with Crippen LogP contribution in [0.1, 0.15) is 0 Å². The molecule has 21 heavy (non-hydrogen) atoms. The summed E-state index contributed by atoms with van der Waals surface area (Å²) < 4.78 is 9.84. The van der Waals surface area contributed by atoms with Crippen molar-refractivity contribution in [2.45, 2.75) is 0 Å². The van der Waals surface area contributed by atoms with E-state index >= 15 is 0 Å². The SMILES string of the molecule is COC(=O)/C=C(/Nc1cc2[nH]ncc2cc1Br)C(=O)OC. The Labute approximate surface area is 128 Å². The van der Waals surface area contributed by atoms with Crippen molar-refractivity contribution < 1.29 is 19.1 Å². The van der Waals surface area contributed by atoms with Crippen molar-refractivity contribution in [3.05, 3.63) is 34.6 Å². The van der Waals surface area contributed by atoms with Crippen LogP contribution >= 0.6 is 15.9 Å². The number of nitrogens with one attached hydrogen (secondary N) is 2. The minimum atomic E-state index is -0.683. The van der Waals surface area contributed by atoms with Crippen molar-refractivity contribution in [3.63, 3.8) is 0 Å². The number of carbonyl (C=O) groups is 2. The van der Waals surface area contributed by atoms with Crippen LogP contribution in [-0.4, -0.2) is 36.4 Å². The molecular formula is C13H12BrN3O4. The van der Waals surface area contributed by atoms with Crippen LogP contribution in [0, 0.1) is 0 Å². The minimum Gasteiger partial charge on any atom is -0.466 e. The third kappa shape index (κ3) is 3.40. The second-order valence-electron chi connectivity index (χ2n) is 3.99. The number of rotatable bonds is 4. The molecule has 0 spiro atoms. The van der Waals surface area contributed by atoms with Gasteiger partial charge in [-0.3, -0.25) is 5.10 Å². The van der Waals surface area contributed by atoms with Gasteiger partial charge >= 0.3 is 11.9 Å². The Balaban J connectivity index is 2.38. The first-order chi connectivity index (χ1) is 10.0. The molecule has 0 fully saturated rings. The molecule has 0 unspecified atom stereocenters. The van der Waals surface area contributed by atoms with E-state index in [-0.39, 0.29) is 5.70 Å². The lowest BCUT2D eigenvalue weighted by Crippen LogP contribution is -2.15. The third-order valence-electron chi connectivity index (χ3n) is 2.67. The molecule has 1 aromatic carbocycles. The largest absolute Gasteiger partial charge is 0.466 e. The van der Waals surface area contributed by atoms with Gasteiger partial charge < -0.3 is 14.8 Å². The molecule has 0 aliphatic carbocycles. The standard InChI is InChI=1S/C13H12BrN3O4/c1-20-12(18)5-11(13(19)21-2)16-10-4-9-7(3-8(10)14)6-15-17-9/h3-6,16H,1-2H3,(H,15,17)/b11-5+. The van der Waals surface area contributed by atoms with Crippen molar-refractivity contribution in [2.24, 2.45) is 0 Å². The summed E-state index contributed by atoms with van der Waals surface area (Å²) in [5.74, 6) is -1.35. The number of hydrogen-bond donors (Lipinski definition) is 2. The number of anilines is 1. The number of nitrogens with zero attached hydrogens (tertiary/aromatic N) is 1. The van der Waals surface area contributed by atoms with Crippen molar-refractivity contribution >= 4 is 44.5 Å². The molecule has 0 atom stereocenters. The van der Waals surface area contributed by atoms with E-state index in [0.717, 1.165) is 17.0 Å². The average molecular weight is 354 g/mol. The molecule has 2 rings (SSSR count). The fraction of sp³-hybridized carbons (Fsp3) is 0.154. The Bertz CT molecular complexity index is 723. The van der Waals surface area contributed by atoms with E-state index in [1.165, 1.54) is 14.2 Å². The second kappa shape index (κ2) is 6.40. The third-order valence-corrected chi connectivity index (χ3v) is 3.32. The van der Waals surface area contributed by atoms with Crippen LogP contribution < -0.4 is 5.32 Å². The number of esters is 2. The summed E-state index contributed by atoms with van der Waals surface area (Å²) in [6, 6.07) is 3.58. The lowest BCUT2D eigenvalue weighted by Gasteiger charge is -2.10. The number of aromatic amines is 1. The molecule has 0 aliphatic rings. The number of ether oxygens (including phenoxy) is 2. The van der Waals surface area contributed by atoms with Crippen LogP contribution in [0.25, 0.3) is 10.9 Å². The van der Waals surface area contributed by atoms with Gasteiger partial charge in [-0.2, -0.15) is 5.10 Å². The normalized spacial score (nSPS) is 11.3. The summed E-state index contributed by atoms with van der Waals surface area (Å²) in [5, 5.41) is 10.5.